The van der Waals surface area contributed by atoms with Crippen molar-refractivity contribution in [1.82, 2.24) is 0 Å². The molecular formula is C14H22O2S. The molecule has 0 atom stereocenters. The van der Waals surface area contributed by atoms with E-state index in [0.717, 1.165) is 29.9 Å². The maximum Gasteiger partial charge on any atom is 0.343 e. The molecule has 0 radical (unpaired) electrons. The van der Waals surface area contributed by atoms with Crippen molar-refractivity contribution in [2.75, 3.05) is 5.75 Å². The summed E-state index contributed by atoms with van der Waals surface area (Å²) in [6.45, 7) is 4.34. The van der Waals surface area contributed by atoms with E-state index in [2.05, 4.69) is 13.8 Å². The van der Waals surface area contributed by atoms with Crippen LogP contribution in [0.25, 0.3) is 0 Å². The monoisotopic (exact) mass is 254 g/mol. The van der Waals surface area contributed by atoms with Crippen LogP contribution in [0.1, 0.15) is 52.4 Å². The van der Waals surface area contributed by atoms with Gasteiger partial charge in [0.2, 0.25) is 0 Å². The molecule has 0 saturated carbocycles. The molecule has 0 bridgehead atoms. The molecule has 0 aromatic rings. The number of thioether (sulfide) groups is 1. The minimum absolute atomic E-state index is 0.180. The smallest absolute Gasteiger partial charge is 0.343 e. The van der Waals surface area contributed by atoms with Gasteiger partial charge in [-0.15, -0.1) is 11.8 Å². The van der Waals surface area contributed by atoms with Crippen molar-refractivity contribution in [3.8, 4) is 0 Å². The van der Waals surface area contributed by atoms with Crippen LogP contribution in [0.2, 0.25) is 0 Å². The summed E-state index contributed by atoms with van der Waals surface area (Å²) >= 11 is 1.70. The normalized spacial score (nSPS) is 17.4. The molecule has 1 heterocycles. The average molecular weight is 254 g/mol. The van der Waals surface area contributed by atoms with Crippen molar-refractivity contribution in [3.63, 3.8) is 0 Å². The third-order valence-electron chi connectivity index (χ3n) is 2.63. The Hall–Kier alpha value is -0.700. The molecular weight excluding hydrogens is 232 g/mol. The van der Waals surface area contributed by atoms with Gasteiger partial charge in [-0.25, -0.2) is 4.79 Å². The zero-order chi connectivity index (χ0) is 12.5. The Bertz CT molecular complexity index is 305. The molecule has 0 amide bonds. The molecule has 0 saturated heterocycles. The third kappa shape index (κ3) is 5.44. The second kappa shape index (κ2) is 8.40. The maximum atomic E-state index is 11.5. The lowest BCUT2D eigenvalue weighted by Gasteiger charge is -1.99. The van der Waals surface area contributed by atoms with Gasteiger partial charge in [0.05, 0.1) is 5.57 Å². The first kappa shape index (κ1) is 14.4. The number of carbonyl (C=O) groups excluding carboxylic acids is 1. The molecule has 96 valence electrons. The summed E-state index contributed by atoms with van der Waals surface area (Å²) in [5, 5.41) is 1.94. The largest absolute Gasteiger partial charge is 0.427 e. The molecule has 1 aliphatic heterocycles. The Kier molecular flexibility index (Phi) is 7.10. The minimum Gasteiger partial charge on any atom is -0.427 e. The van der Waals surface area contributed by atoms with Crippen molar-refractivity contribution in [2.24, 2.45) is 0 Å². The van der Waals surface area contributed by atoms with E-state index in [0.29, 0.717) is 0 Å². The van der Waals surface area contributed by atoms with Crippen LogP contribution in [0.4, 0.5) is 0 Å². The van der Waals surface area contributed by atoms with Gasteiger partial charge < -0.3 is 4.74 Å². The Morgan fingerprint density at radius 1 is 1.24 bits per heavy atom. The molecule has 0 N–H and O–H groups in total. The van der Waals surface area contributed by atoms with Gasteiger partial charge in [0.15, 0.2) is 0 Å². The minimum atomic E-state index is -0.180. The standard InChI is InChI=1S/C14H22O2S/c1-3-5-7-8-13-10-12(14(15)16-13)11-17-9-6-4-2/h10-11H,3-9H2,1-2H3. The molecule has 0 aromatic heterocycles. The van der Waals surface area contributed by atoms with E-state index in [4.69, 9.17) is 4.74 Å². The van der Waals surface area contributed by atoms with E-state index in [-0.39, 0.29) is 5.97 Å². The fraction of sp³-hybridized carbons (Fsp3) is 0.643. The van der Waals surface area contributed by atoms with Gasteiger partial charge in [0.1, 0.15) is 5.76 Å². The lowest BCUT2D eigenvalue weighted by atomic mass is 10.2. The Morgan fingerprint density at radius 2 is 2.00 bits per heavy atom. The fourth-order valence-electron chi connectivity index (χ4n) is 1.57. The Labute approximate surface area is 108 Å². The lowest BCUT2D eigenvalue weighted by Crippen LogP contribution is -1.97. The van der Waals surface area contributed by atoms with Crippen molar-refractivity contribution in [1.29, 1.82) is 0 Å². The number of unbranched alkanes of at least 4 members (excludes halogenated alkanes) is 3. The fourth-order valence-corrected chi connectivity index (χ4v) is 2.49. The summed E-state index contributed by atoms with van der Waals surface area (Å²) in [4.78, 5) is 11.5. The van der Waals surface area contributed by atoms with Crippen molar-refractivity contribution >= 4 is 17.7 Å². The molecule has 1 aliphatic rings. The number of ether oxygens (including phenoxy) is 1. The van der Waals surface area contributed by atoms with Gasteiger partial charge >= 0.3 is 5.97 Å². The first-order chi connectivity index (χ1) is 8.27. The highest BCUT2D eigenvalue weighted by molar-refractivity contribution is 8.02. The van der Waals surface area contributed by atoms with Gasteiger partial charge in [0, 0.05) is 6.42 Å². The van der Waals surface area contributed by atoms with E-state index >= 15 is 0 Å². The second-order valence-electron chi connectivity index (χ2n) is 4.25. The SMILES string of the molecule is CCCCCC1=CC(=CSCCCC)C(=O)O1. The number of allylic oxidation sites excluding steroid dienone is 1. The maximum absolute atomic E-state index is 11.5. The van der Waals surface area contributed by atoms with E-state index < -0.39 is 0 Å². The van der Waals surface area contributed by atoms with Crippen LogP contribution in [0.15, 0.2) is 22.8 Å². The van der Waals surface area contributed by atoms with Crippen LogP contribution in [0.5, 0.6) is 0 Å². The highest BCUT2D eigenvalue weighted by Crippen LogP contribution is 2.24. The predicted octanol–water partition coefficient (Wildman–Crippen LogP) is 4.42. The predicted molar refractivity (Wildman–Crippen MR) is 73.8 cm³/mol. The molecule has 3 heteroatoms. The van der Waals surface area contributed by atoms with Crippen LogP contribution in [-0.2, 0) is 9.53 Å². The number of rotatable bonds is 8. The molecule has 0 spiro atoms. The van der Waals surface area contributed by atoms with Crippen LogP contribution in [0, 0.1) is 0 Å². The topological polar surface area (TPSA) is 26.3 Å². The number of hydrogen-bond donors (Lipinski definition) is 0. The molecule has 0 unspecified atom stereocenters. The van der Waals surface area contributed by atoms with Crippen molar-refractivity contribution in [3.05, 3.63) is 22.8 Å². The first-order valence-electron chi connectivity index (χ1n) is 6.52. The number of carbonyl (C=O) groups is 1. The van der Waals surface area contributed by atoms with E-state index in [1.807, 2.05) is 11.5 Å². The van der Waals surface area contributed by atoms with Crippen LogP contribution in [0.3, 0.4) is 0 Å². The Morgan fingerprint density at radius 3 is 2.71 bits per heavy atom. The first-order valence-corrected chi connectivity index (χ1v) is 7.57. The number of cyclic esters (lactones) is 1. The van der Waals surface area contributed by atoms with E-state index in [9.17, 15) is 4.79 Å². The van der Waals surface area contributed by atoms with E-state index in [1.54, 1.807) is 11.8 Å². The van der Waals surface area contributed by atoms with Crippen molar-refractivity contribution < 1.29 is 9.53 Å². The molecule has 0 aliphatic carbocycles. The zero-order valence-corrected chi connectivity index (χ0v) is 11.6. The summed E-state index contributed by atoms with van der Waals surface area (Å²) in [5.41, 5.74) is 0.720. The summed E-state index contributed by atoms with van der Waals surface area (Å²) in [6.07, 6.45) is 8.66. The average Bonchev–Trinajstić information content (AvgIpc) is 2.66. The van der Waals surface area contributed by atoms with Gasteiger partial charge in [-0.3, -0.25) is 0 Å². The van der Waals surface area contributed by atoms with Gasteiger partial charge in [-0.2, -0.15) is 0 Å². The number of esters is 1. The van der Waals surface area contributed by atoms with Gasteiger partial charge in [-0.05, 0) is 30.1 Å². The van der Waals surface area contributed by atoms with Crippen molar-refractivity contribution in [2.45, 2.75) is 52.4 Å². The molecule has 17 heavy (non-hydrogen) atoms. The van der Waals surface area contributed by atoms with Crippen LogP contribution < -0.4 is 0 Å². The molecule has 0 aromatic carbocycles. The van der Waals surface area contributed by atoms with E-state index in [1.165, 1.54) is 25.7 Å². The molecule has 1 rings (SSSR count). The highest BCUT2D eigenvalue weighted by atomic mass is 32.2. The number of hydrogen-bond acceptors (Lipinski definition) is 3. The van der Waals surface area contributed by atoms with Gasteiger partial charge in [0.25, 0.3) is 0 Å². The zero-order valence-electron chi connectivity index (χ0n) is 10.8. The lowest BCUT2D eigenvalue weighted by molar-refractivity contribution is -0.133. The third-order valence-corrected chi connectivity index (χ3v) is 3.57. The van der Waals surface area contributed by atoms with Gasteiger partial charge in [-0.1, -0.05) is 33.1 Å². The van der Waals surface area contributed by atoms with Crippen LogP contribution in [-0.4, -0.2) is 11.7 Å². The van der Waals surface area contributed by atoms with Crippen LogP contribution >= 0.6 is 11.8 Å². The summed E-state index contributed by atoms with van der Waals surface area (Å²) in [5.74, 6) is 1.73. The quantitative estimate of drug-likeness (QED) is 0.364. The Balaban J connectivity index is 2.36. The molecule has 2 nitrogen and oxygen atoms in total. The summed E-state index contributed by atoms with van der Waals surface area (Å²) < 4.78 is 5.22. The summed E-state index contributed by atoms with van der Waals surface area (Å²) in [7, 11) is 0. The second-order valence-corrected chi connectivity index (χ2v) is 5.23. The molecule has 0 fully saturated rings. The summed E-state index contributed by atoms with van der Waals surface area (Å²) in [6, 6.07) is 0. The highest BCUT2D eigenvalue weighted by Gasteiger charge is 2.19.